The van der Waals surface area contributed by atoms with Crippen molar-refractivity contribution in [1.29, 1.82) is 0 Å². The molecule has 2 rings (SSSR count). The lowest BCUT2D eigenvalue weighted by molar-refractivity contribution is -0.141. The summed E-state index contributed by atoms with van der Waals surface area (Å²) in [6, 6.07) is 7.19. The lowest BCUT2D eigenvalue weighted by Gasteiger charge is -2.27. The van der Waals surface area contributed by atoms with Crippen molar-refractivity contribution in [2.24, 2.45) is 5.92 Å². The van der Waals surface area contributed by atoms with E-state index in [1.165, 1.54) is 12.0 Å². The SMILES string of the molecule is COC(=O)CCC(C)C(=O)N1c2ccccc2C[C@@H]1OC(=O)O. The minimum Gasteiger partial charge on any atom is -0.469 e. The molecule has 1 aliphatic rings. The van der Waals surface area contributed by atoms with Gasteiger partial charge in [0.15, 0.2) is 6.23 Å². The summed E-state index contributed by atoms with van der Waals surface area (Å²) in [6.45, 7) is 1.70. The van der Waals surface area contributed by atoms with Gasteiger partial charge in [-0.05, 0) is 18.1 Å². The third kappa shape index (κ3) is 3.80. The van der Waals surface area contributed by atoms with Gasteiger partial charge in [0.05, 0.1) is 12.8 Å². The molecule has 1 heterocycles. The number of carbonyl (C=O) groups is 3. The number of fused-ring (bicyclic) bond motifs is 1. The first kappa shape index (κ1) is 16.8. The van der Waals surface area contributed by atoms with Crippen LogP contribution in [-0.2, 0) is 25.5 Å². The molecule has 0 aliphatic carbocycles. The summed E-state index contributed by atoms with van der Waals surface area (Å²) in [5.74, 6) is -1.12. The molecule has 2 atom stereocenters. The second-order valence-corrected chi connectivity index (χ2v) is 5.40. The lowest BCUT2D eigenvalue weighted by Crippen LogP contribution is -2.43. The van der Waals surface area contributed by atoms with E-state index >= 15 is 0 Å². The van der Waals surface area contributed by atoms with Crippen LogP contribution in [0.2, 0.25) is 0 Å². The van der Waals surface area contributed by atoms with E-state index in [0.717, 1.165) is 5.56 Å². The van der Waals surface area contributed by atoms with E-state index in [4.69, 9.17) is 9.84 Å². The molecule has 23 heavy (non-hydrogen) atoms. The average molecular weight is 321 g/mol. The van der Waals surface area contributed by atoms with Crippen molar-refractivity contribution in [1.82, 2.24) is 0 Å². The molecule has 0 fully saturated rings. The molecule has 1 aliphatic heterocycles. The standard InChI is InChI=1S/C16H19NO6/c1-10(7-8-14(18)22-2)15(19)17-12-6-4-3-5-11(12)9-13(17)23-16(20)21/h3-6,10,13H,7-9H2,1-2H3,(H,20,21)/t10?,13-/m0/s1. The van der Waals surface area contributed by atoms with Crippen LogP contribution in [0.15, 0.2) is 24.3 Å². The number of ether oxygens (including phenoxy) is 2. The van der Waals surface area contributed by atoms with Crippen molar-refractivity contribution in [2.75, 3.05) is 12.0 Å². The Morgan fingerprint density at radius 2 is 2.04 bits per heavy atom. The van der Waals surface area contributed by atoms with Gasteiger partial charge in [0, 0.05) is 18.8 Å². The maximum absolute atomic E-state index is 12.7. The van der Waals surface area contributed by atoms with Crippen LogP contribution in [-0.4, -0.2) is 36.5 Å². The number of benzene rings is 1. The molecule has 7 nitrogen and oxygen atoms in total. The second-order valence-electron chi connectivity index (χ2n) is 5.40. The van der Waals surface area contributed by atoms with Gasteiger partial charge in [0.2, 0.25) is 5.91 Å². The molecule has 1 aromatic carbocycles. The number of anilines is 1. The highest BCUT2D eigenvalue weighted by molar-refractivity contribution is 5.97. The summed E-state index contributed by atoms with van der Waals surface area (Å²) < 4.78 is 9.42. The topological polar surface area (TPSA) is 93.1 Å². The smallest absolute Gasteiger partial charge is 0.469 e. The quantitative estimate of drug-likeness (QED) is 0.836. The highest BCUT2D eigenvalue weighted by atomic mass is 16.7. The Bertz CT molecular complexity index is 614. The first-order chi connectivity index (χ1) is 10.9. The number of para-hydroxylation sites is 1. The normalized spacial score (nSPS) is 17.3. The van der Waals surface area contributed by atoms with Crippen LogP contribution in [0.5, 0.6) is 0 Å². The average Bonchev–Trinajstić information content (AvgIpc) is 2.88. The van der Waals surface area contributed by atoms with Crippen LogP contribution in [0.4, 0.5) is 10.5 Å². The Morgan fingerprint density at radius 3 is 2.70 bits per heavy atom. The number of esters is 1. The summed E-state index contributed by atoms with van der Waals surface area (Å²) in [6.07, 6.45) is -1.54. The molecule has 0 aromatic heterocycles. The van der Waals surface area contributed by atoms with E-state index in [9.17, 15) is 14.4 Å². The molecule has 0 radical (unpaired) electrons. The Morgan fingerprint density at radius 1 is 1.35 bits per heavy atom. The number of hydrogen-bond donors (Lipinski definition) is 1. The zero-order valence-electron chi connectivity index (χ0n) is 13.0. The summed E-state index contributed by atoms with van der Waals surface area (Å²) in [4.78, 5) is 36.2. The van der Waals surface area contributed by atoms with E-state index in [1.54, 1.807) is 19.1 Å². The molecule has 0 saturated heterocycles. The fraction of sp³-hybridized carbons (Fsp3) is 0.438. The predicted octanol–water partition coefficient (Wildman–Crippen LogP) is 2.19. The van der Waals surface area contributed by atoms with Crippen molar-refractivity contribution in [3.8, 4) is 0 Å². The van der Waals surface area contributed by atoms with Crippen LogP contribution in [0.3, 0.4) is 0 Å². The number of carboxylic acid groups (broad SMARTS) is 1. The van der Waals surface area contributed by atoms with E-state index < -0.39 is 18.3 Å². The molecule has 1 aromatic rings. The molecular formula is C16H19NO6. The van der Waals surface area contributed by atoms with Crippen LogP contribution in [0.1, 0.15) is 25.3 Å². The minimum atomic E-state index is -1.43. The number of nitrogens with zero attached hydrogens (tertiary/aromatic N) is 1. The van der Waals surface area contributed by atoms with Crippen molar-refractivity contribution in [3.63, 3.8) is 0 Å². The zero-order chi connectivity index (χ0) is 17.0. The minimum absolute atomic E-state index is 0.128. The maximum Gasteiger partial charge on any atom is 0.507 e. The maximum atomic E-state index is 12.7. The molecule has 1 unspecified atom stereocenters. The molecule has 1 amide bonds. The Labute approximate surface area is 133 Å². The second kappa shape index (κ2) is 7.13. The monoisotopic (exact) mass is 321 g/mol. The summed E-state index contributed by atoms with van der Waals surface area (Å²) in [5, 5.41) is 8.88. The molecule has 0 bridgehead atoms. The van der Waals surface area contributed by atoms with E-state index in [0.29, 0.717) is 18.5 Å². The van der Waals surface area contributed by atoms with Gasteiger partial charge < -0.3 is 14.6 Å². The van der Waals surface area contributed by atoms with E-state index in [2.05, 4.69) is 4.74 Å². The van der Waals surface area contributed by atoms with Crippen molar-refractivity contribution in [2.45, 2.75) is 32.4 Å². The third-order valence-corrected chi connectivity index (χ3v) is 3.84. The summed E-state index contributed by atoms with van der Waals surface area (Å²) in [5.41, 5.74) is 1.50. The molecular weight excluding hydrogens is 302 g/mol. The molecule has 0 spiro atoms. The third-order valence-electron chi connectivity index (χ3n) is 3.84. The molecule has 7 heteroatoms. The van der Waals surface area contributed by atoms with Gasteiger partial charge in [0.1, 0.15) is 0 Å². The Balaban J connectivity index is 2.17. The summed E-state index contributed by atoms with van der Waals surface area (Å²) in [7, 11) is 1.29. The van der Waals surface area contributed by atoms with Gasteiger partial charge >= 0.3 is 12.1 Å². The first-order valence-corrected chi connectivity index (χ1v) is 7.31. The number of amides is 1. The molecule has 1 N–H and O–H groups in total. The molecule has 0 saturated carbocycles. The van der Waals surface area contributed by atoms with Crippen LogP contribution >= 0.6 is 0 Å². The van der Waals surface area contributed by atoms with Gasteiger partial charge in [-0.2, -0.15) is 0 Å². The van der Waals surface area contributed by atoms with Crippen LogP contribution in [0, 0.1) is 5.92 Å². The highest BCUT2D eigenvalue weighted by Gasteiger charge is 2.38. The number of methoxy groups -OCH3 is 1. The highest BCUT2D eigenvalue weighted by Crippen LogP contribution is 2.34. The predicted molar refractivity (Wildman–Crippen MR) is 80.9 cm³/mol. The molecule has 124 valence electrons. The number of hydrogen-bond acceptors (Lipinski definition) is 5. The fourth-order valence-electron chi connectivity index (χ4n) is 2.62. The van der Waals surface area contributed by atoms with Gasteiger partial charge in [-0.15, -0.1) is 0 Å². The van der Waals surface area contributed by atoms with Crippen LogP contribution < -0.4 is 4.90 Å². The first-order valence-electron chi connectivity index (χ1n) is 7.31. The Hall–Kier alpha value is -2.57. The Kier molecular flexibility index (Phi) is 5.20. The van der Waals surface area contributed by atoms with Gasteiger partial charge in [-0.3, -0.25) is 14.5 Å². The zero-order valence-corrected chi connectivity index (χ0v) is 13.0. The lowest BCUT2D eigenvalue weighted by atomic mass is 10.0. The van der Waals surface area contributed by atoms with Crippen molar-refractivity contribution < 1.29 is 29.0 Å². The number of carbonyl (C=O) groups excluding carboxylic acids is 2. The van der Waals surface area contributed by atoms with Gasteiger partial charge in [-0.25, -0.2) is 4.79 Å². The summed E-state index contributed by atoms with van der Waals surface area (Å²) >= 11 is 0. The van der Waals surface area contributed by atoms with Crippen LogP contribution in [0.25, 0.3) is 0 Å². The van der Waals surface area contributed by atoms with Crippen molar-refractivity contribution >= 4 is 23.7 Å². The van der Waals surface area contributed by atoms with E-state index in [1.807, 2.05) is 12.1 Å². The number of rotatable bonds is 5. The van der Waals surface area contributed by atoms with Gasteiger partial charge in [0.25, 0.3) is 0 Å². The fourth-order valence-corrected chi connectivity index (χ4v) is 2.62. The largest absolute Gasteiger partial charge is 0.507 e. The van der Waals surface area contributed by atoms with E-state index in [-0.39, 0.29) is 18.3 Å². The van der Waals surface area contributed by atoms with Gasteiger partial charge in [-0.1, -0.05) is 25.1 Å². The van der Waals surface area contributed by atoms with Crippen molar-refractivity contribution in [3.05, 3.63) is 29.8 Å².